The second-order valence-electron chi connectivity index (χ2n) is 5.47. The van der Waals surface area contributed by atoms with E-state index in [4.69, 9.17) is 0 Å². The molecule has 1 aliphatic rings. The number of aromatic nitrogens is 1. The molecule has 1 saturated heterocycles. The third kappa shape index (κ3) is 2.98. The normalized spacial score (nSPS) is 16.6. The number of carbonyl (C=O) groups is 1. The number of hydrogen-bond acceptors (Lipinski definition) is 5. The number of fused-ring (bicyclic) bond motifs is 1. The number of ketones is 1. The molecule has 0 unspecified atom stereocenters. The number of aliphatic hydroxyl groups excluding tert-OH is 1. The molecule has 0 amide bonds. The minimum absolute atomic E-state index is 0.0436. The highest BCUT2D eigenvalue weighted by atomic mass is 79.9. The Labute approximate surface area is 135 Å². The van der Waals surface area contributed by atoms with Crippen molar-refractivity contribution in [1.82, 2.24) is 4.98 Å². The van der Waals surface area contributed by atoms with Crippen LogP contribution < -0.4 is 4.90 Å². The maximum atomic E-state index is 11.6. The van der Waals surface area contributed by atoms with Crippen molar-refractivity contribution in [1.29, 1.82) is 0 Å². The first-order valence-corrected chi connectivity index (χ1v) is 8.66. The summed E-state index contributed by atoms with van der Waals surface area (Å²) in [6.07, 6.45) is 2.02. The third-order valence-electron chi connectivity index (χ3n) is 3.99. The van der Waals surface area contributed by atoms with Crippen molar-refractivity contribution in [2.24, 2.45) is 5.92 Å². The van der Waals surface area contributed by atoms with E-state index in [1.54, 1.807) is 18.3 Å². The first-order chi connectivity index (χ1) is 10.1. The maximum absolute atomic E-state index is 11.6. The number of halogens is 1. The van der Waals surface area contributed by atoms with Crippen LogP contribution in [0.1, 0.15) is 30.1 Å². The average molecular weight is 369 g/mol. The maximum Gasteiger partial charge on any atom is 0.186 e. The molecule has 6 heteroatoms. The molecule has 0 spiro atoms. The predicted molar refractivity (Wildman–Crippen MR) is 89.3 cm³/mol. The Bertz CT molecular complexity index is 678. The number of anilines is 1. The van der Waals surface area contributed by atoms with Crippen LogP contribution in [0.15, 0.2) is 16.6 Å². The number of rotatable bonds is 3. The van der Waals surface area contributed by atoms with E-state index in [-0.39, 0.29) is 12.4 Å². The lowest BCUT2D eigenvalue weighted by Gasteiger charge is -2.30. The molecule has 0 atom stereocenters. The highest BCUT2D eigenvalue weighted by Crippen LogP contribution is 2.34. The van der Waals surface area contributed by atoms with Crippen LogP contribution in [-0.2, 0) is 0 Å². The minimum Gasteiger partial charge on any atom is -0.396 e. The topological polar surface area (TPSA) is 53.4 Å². The molecule has 4 nitrogen and oxygen atoms in total. The molecule has 21 heavy (non-hydrogen) atoms. The second kappa shape index (κ2) is 6.02. The summed E-state index contributed by atoms with van der Waals surface area (Å²) in [5, 5.41) is 10.2. The van der Waals surface area contributed by atoms with Crippen LogP contribution in [-0.4, -0.2) is 35.6 Å². The SMILES string of the molecule is CC(=O)c1cc2nc(N3CCC(CO)CC3)sc2cc1Br. The van der Waals surface area contributed by atoms with Crippen LogP contribution in [0.25, 0.3) is 10.2 Å². The van der Waals surface area contributed by atoms with E-state index in [9.17, 15) is 9.90 Å². The smallest absolute Gasteiger partial charge is 0.186 e. The predicted octanol–water partition coefficient (Wildman–Crippen LogP) is 3.47. The van der Waals surface area contributed by atoms with Crippen molar-refractivity contribution < 1.29 is 9.90 Å². The van der Waals surface area contributed by atoms with Gasteiger partial charge in [0.25, 0.3) is 0 Å². The summed E-state index contributed by atoms with van der Waals surface area (Å²) < 4.78 is 1.92. The van der Waals surface area contributed by atoms with Crippen molar-refractivity contribution in [2.75, 3.05) is 24.6 Å². The summed E-state index contributed by atoms with van der Waals surface area (Å²) in [6.45, 7) is 3.72. The Balaban J connectivity index is 1.89. The van der Waals surface area contributed by atoms with E-state index in [2.05, 4.69) is 25.8 Å². The molecule has 0 aliphatic carbocycles. The summed E-state index contributed by atoms with van der Waals surface area (Å²) >= 11 is 5.12. The summed E-state index contributed by atoms with van der Waals surface area (Å²) in [4.78, 5) is 18.6. The van der Waals surface area contributed by atoms with Crippen LogP contribution in [0.4, 0.5) is 5.13 Å². The van der Waals surface area contributed by atoms with Crippen molar-refractivity contribution in [3.63, 3.8) is 0 Å². The number of carbonyl (C=O) groups excluding carboxylic acids is 1. The van der Waals surface area contributed by atoms with E-state index in [0.29, 0.717) is 11.5 Å². The monoisotopic (exact) mass is 368 g/mol. The summed E-state index contributed by atoms with van der Waals surface area (Å²) in [5.74, 6) is 0.469. The van der Waals surface area contributed by atoms with E-state index < -0.39 is 0 Å². The molecule has 0 radical (unpaired) electrons. The van der Waals surface area contributed by atoms with Gasteiger partial charge in [0, 0.05) is 29.7 Å². The van der Waals surface area contributed by atoms with Gasteiger partial charge in [-0.25, -0.2) is 4.98 Å². The van der Waals surface area contributed by atoms with Gasteiger partial charge in [0.2, 0.25) is 0 Å². The lowest BCUT2D eigenvalue weighted by molar-refractivity contribution is 0.101. The Morgan fingerprint density at radius 3 is 2.81 bits per heavy atom. The van der Waals surface area contributed by atoms with E-state index in [1.165, 1.54) is 0 Å². The highest BCUT2D eigenvalue weighted by molar-refractivity contribution is 9.10. The molecule has 2 aromatic rings. The first-order valence-electron chi connectivity index (χ1n) is 7.05. The Morgan fingerprint density at radius 1 is 1.48 bits per heavy atom. The van der Waals surface area contributed by atoms with Gasteiger partial charge in [-0.05, 0) is 53.7 Å². The molecule has 1 aliphatic heterocycles. The summed E-state index contributed by atoms with van der Waals surface area (Å²) in [7, 11) is 0. The average Bonchev–Trinajstić information content (AvgIpc) is 2.89. The minimum atomic E-state index is 0.0436. The molecule has 1 aromatic carbocycles. The number of hydrogen-bond donors (Lipinski definition) is 1. The van der Waals surface area contributed by atoms with Gasteiger partial charge in [-0.1, -0.05) is 11.3 Å². The van der Waals surface area contributed by atoms with Crippen molar-refractivity contribution in [3.05, 3.63) is 22.2 Å². The van der Waals surface area contributed by atoms with Crippen LogP contribution >= 0.6 is 27.3 Å². The van der Waals surface area contributed by atoms with E-state index >= 15 is 0 Å². The van der Waals surface area contributed by atoms with Gasteiger partial charge < -0.3 is 10.0 Å². The molecule has 3 rings (SSSR count). The number of nitrogens with zero attached hydrogens (tertiary/aromatic N) is 2. The lowest BCUT2D eigenvalue weighted by Crippen LogP contribution is -2.34. The number of Topliss-reactive ketones (excluding diaryl/α,β-unsaturated/α-hetero) is 1. The van der Waals surface area contributed by atoms with Crippen LogP contribution in [0.2, 0.25) is 0 Å². The number of piperidine rings is 1. The van der Waals surface area contributed by atoms with Crippen LogP contribution in [0.3, 0.4) is 0 Å². The van der Waals surface area contributed by atoms with E-state index in [1.807, 2.05) is 12.1 Å². The molecule has 2 heterocycles. The van der Waals surface area contributed by atoms with Crippen LogP contribution in [0.5, 0.6) is 0 Å². The summed E-state index contributed by atoms with van der Waals surface area (Å²) in [5.41, 5.74) is 1.56. The van der Waals surface area contributed by atoms with Gasteiger partial charge in [0.1, 0.15) is 0 Å². The van der Waals surface area contributed by atoms with Gasteiger partial charge in [0.15, 0.2) is 10.9 Å². The molecule has 0 saturated carbocycles. The molecular formula is C15H17BrN2O2S. The molecule has 1 fully saturated rings. The van der Waals surface area contributed by atoms with Gasteiger partial charge in [-0.3, -0.25) is 4.79 Å². The van der Waals surface area contributed by atoms with Crippen molar-refractivity contribution in [2.45, 2.75) is 19.8 Å². The fourth-order valence-electron chi connectivity index (χ4n) is 2.65. The lowest BCUT2D eigenvalue weighted by atomic mass is 9.98. The fourth-order valence-corrected chi connectivity index (χ4v) is 4.46. The molecule has 0 bridgehead atoms. The molecule has 112 valence electrons. The number of benzene rings is 1. The highest BCUT2D eigenvalue weighted by Gasteiger charge is 2.21. The first kappa shape index (κ1) is 14.9. The number of thiazole rings is 1. The molecule has 1 N–H and O–H groups in total. The van der Waals surface area contributed by atoms with Crippen molar-refractivity contribution >= 4 is 48.4 Å². The fraction of sp³-hybridized carbons (Fsp3) is 0.467. The van der Waals surface area contributed by atoms with Gasteiger partial charge in [-0.2, -0.15) is 0 Å². The zero-order chi connectivity index (χ0) is 15.0. The Morgan fingerprint density at radius 2 is 2.19 bits per heavy atom. The zero-order valence-corrected chi connectivity index (χ0v) is 14.2. The van der Waals surface area contributed by atoms with Gasteiger partial charge in [-0.15, -0.1) is 0 Å². The Hall–Kier alpha value is -0.980. The van der Waals surface area contributed by atoms with Gasteiger partial charge >= 0.3 is 0 Å². The number of aliphatic hydroxyl groups is 1. The van der Waals surface area contributed by atoms with Gasteiger partial charge in [0.05, 0.1) is 10.2 Å². The standard InChI is InChI=1S/C15H17BrN2O2S/c1-9(20)11-6-13-14(7-12(11)16)21-15(17-13)18-4-2-10(8-19)3-5-18/h6-7,10,19H,2-5,8H2,1H3. The Kier molecular flexibility index (Phi) is 4.28. The van der Waals surface area contributed by atoms with Crippen molar-refractivity contribution in [3.8, 4) is 0 Å². The summed E-state index contributed by atoms with van der Waals surface area (Å²) in [6, 6.07) is 3.84. The molecule has 1 aromatic heterocycles. The molecular weight excluding hydrogens is 352 g/mol. The second-order valence-corrected chi connectivity index (χ2v) is 7.33. The van der Waals surface area contributed by atoms with E-state index in [0.717, 1.165) is 45.8 Å². The zero-order valence-electron chi connectivity index (χ0n) is 11.8. The largest absolute Gasteiger partial charge is 0.396 e. The third-order valence-corrected chi connectivity index (χ3v) is 5.72. The van der Waals surface area contributed by atoms with Crippen LogP contribution in [0, 0.1) is 5.92 Å². The quantitative estimate of drug-likeness (QED) is 0.842.